The highest BCUT2D eigenvalue weighted by Gasteiger charge is 2.41. The smallest absolute Gasteiger partial charge is 0.311 e. The molecule has 5 heteroatoms. The van der Waals surface area contributed by atoms with Crippen LogP contribution in [0.25, 0.3) is 0 Å². The molecular weight excluding hydrogens is 220 g/mol. The van der Waals surface area contributed by atoms with Crippen LogP contribution in [0.2, 0.25) is 0 Å². The fourth-order valence-corrected chi connectivity index (χ4v) is 1.97. The van der Waals surface area contributed by atoms with Gasteiger partial charge in [0.25, 0.3) is 0 Å². The summed E-state index contributed by atoms with van der Waals surface area (Å²) in [6.45, 7) is 7.31. The Morgan fingerprint density at radius 3 is 2.59 bits per heavy atom. The van der Waals surface area contributed by atoms with Crippen LogP contribution in [-0.2, 0) is 9.59 Å². The van der Waals surface area contributed by atoms with E-state index in [1.54, 1.807) is 11.8 Å². The van der Waals surface area contributed by atoms with Gasteiger partial charge in [-0.05, 0) is 13.3 Å². The number of amides is 1. The number of likely N-dealkylation sites (tertiary alicyclic amines) is 1. The molecule has 0 aliphatic carbocycles. The summed E-state index contributed by atoms with van der Waals surface area (Å²) in [5.74, 6) is -0.767. The van der Waals surface area contributed by atoms with Crippen molar-refractivity contribution in [2.24, 2.45) is 5.41 Å². The number of carbonyl (C=O) groups excluding carboxylic acids is 1. The quantitative estimate of drug-likeness (QED) is 0.744. The Balaban J connectivity index is 2.38. The first-order valence-corrected chi connectivity index (χ1v) is 6.10. The molecule has 98 valence electrons. The van der Waals surface area contributed by atoms with E-state index in [-0.39, 0.29) is 5.91 Å². The molecule has 0 aromatic heterocycles. The Labute approximate surface area is 102 Å². The van der Waals surface area contributed by atoms with Gasteiger partial charge < -0.3 is 15.3 Å². The summed E-state index contributed by atoms with van der Waals surface area (Å²) in [5, 5.41) is 12.3. The SMILES string of the molecule is CC(C)NCCC(=O)N1CCC(C)(C(=O)O)C1. The van der Waals surface area contributed by atoms with E-state index in [0.717, 1.165) is 0 Å². The van der Waals surface area contributed by atoms with Crippen molar-refractivity contribution in [3.05, 3.63) is 0 Å². The Kier molecular flexibility index (Phi) is 4.51. The van der Waals surface area contributed by atoms with E-state index in [1.807, 2.05) is 13.8 Å². The maximum Gasteiger partial charge on any atom is 0.311 e. The lowest BCUT2D eigenvalue weighted by Gasteiger charge is -2.20. The number of aliphatic carboxylic acids is 1. The summed E-state index contributed by atoms with van der Waals surface area (Å²) in [6.07, 6.45) is 0.986. The molecule has 1 saturated heterocycles. The van der Waals surface area contributed by atoms with E-state index in [1.165, 1.54) is 0 Å². The van der Waals surface area contributed by atoms with Crippen molar-refractivity contribution in [1.29, 1.82) is 0 Å². The predicted molar refractivity (Wildman–Crippen MR) is 64.7 cm³/mol. The molecule has 17 heavy (non-hydrogen) atoms. The van der Waals surface area contributed by atoms with Gasteiger partial charge in [-0.3, -0.25) is 9.59 Å². The number of rotatable bonds is 5. The maximum absolute atomic E-state index is 11.8. The number of carboxylic acid groups (broad SMARTS) is 1. The van der Waals surface area contributed by atoms with Gasteiger partial charge in [0.2, 0.25) is 5.91 Å². The summed E-state index contributed by atoms with van der Waals surface area (Å²) in [7, 11) is 0. The zero-order chi connectivity index (χ0) is 13.1. The molecule has 0 saturated carbocycles. The van der Waals surface area contributed by atoms with Crippen LogP contribution < -0.4 is 5.32 Å². The maximum atomic E-state index is 11.8. The number of carbonyl (C=O) groups is 2. The van der Waals surface area contributed by atoms with Crippen molar-refractivity contribution < 1.29 is 14.7 Å². The average molecular weight is 242 g/mol. The first-order valence-electron chi connectivity index (χ1n) is 6.10. The molecule has 0 bridgehead atoms. The number of hydrogen-bond donors (Lipinski definition) is 2. The molecule has 1 atom stereocenters. The van der Waals surface area contributed by atoms with E-state index in [2.05, 4.69) is 5.32 Å². The third kappa shape index (κ3) is 3.70. The van der Waals surface area contributed by atoms with Gasteiger partial charge in [-0.1, -0.05) is 13.8 Å². The van der Waals surface area contributed by atoms with Gasteiger partial charge >= 0.3 is 5.97 Å². The lowest BCUT2D eigenvalue weighted by Crippen LogP contribution is -2.36. The topological polar surface area (TPSA) is 69.6 Å². The number of hydrogen-bond acceptors (Lipinski definition) is 3. The fourth-order valence-electron chi connectivity index (χ4n) is 1.97. The second-order valence-electron chi connectivity index (χ2n) is 5.29. The third-order valence-electron chi connectivity index (χ3n) is 3.23. The Hall–Kier alpha value is -1.10. The molecule has 0 radical (unpaired) electrons. The predicted octanol–water partition coefficient (Wildman–Crippen LogP) is 0.698. The lowest BCUT2D eigenvalue weighted by molar-refractivity contribution is -0.147. The van der Waals surface area contributed by atoms with Crippen molar-refractivity contribution >= 4 is 11.9 Å². The molecule has 0 aromatic rings. The van der Waals surface area contributed by atoms with Crippen LogP contribution in [-0.4, -0.2) is 47.6 Å². The van der Waals surface area contributed by atoms with Crippen LogP contribution in [0.4, 0.5) is 0 Å². The van der Waals surface area contributed by atoms with Crippen molar-refractivity contribution in [2.45, 2.75) is 39.7 Å². The molecule has 2 N–H and O–H groups in total. The van der Waals surface area contributed by atoms with Crippen LogP contribution in [0, 0.1) is 5.41 Å². The second-order valence-corrected chi connectivity index (χ2v) is 5.29. The van der Waals surface area contributed by atoms with Crippen molar-refractivity contribution in [3.8, 4) is 0 Å². The number of nitrogens with zero attached hydrogens (tertiary/aromatic N) is 1. The van der Waals surface area contributed by atoms with Gasteiger partial charge in [-0.2, -0.15) is 0 Å². The van der Waals surface area contributed by atoms with E-state index in [4.69, 9.17) is 5.11 Å². The zero-order valence-corrected chi connectivity index (χ0v) is 10.8. The molecule has 1 heterocycles. The normalized spacial score (nSPS) is 24.4. The first-order chi connectivity index (χ1) is 7.85. The summed E-state index contributed by atoms with van der Waals surface area (Å²) < 4.78 is 0. The van der Waals surface area contributed by atoms with Gasteiger partial charge in [0.1, 0.15) is 0 Å². The lowest BCUT2D eigenvalue weighted by atomic mass is 9.90. The Bertz CT molecular complexity index is 304. The molecule has 0 spiro atoms. The van der Waals surface area contributed by atoms with Crippen LogP contribution in [0.5, 0.6) is 0 Å². The molecule has 1 fully saturated rings. The van der Waals surface area contributed by atoms with Crippen LogP contribution in [0.3, 0.4) is 0 Å². The molecule has 1 rings (SSSR count). The fraction of sp³-hybridized carbons (Fsp3) is 0.833. The zero-order valence-electron chi connectivity index (χ0n) is 10.8. The monoisotopic (exact) mass is 242 g/mol. The molecule has 1 amide bonds. The van der Waals surface area contributed by atoms with Gasteiger partial charge in [-0.25, -0.2) is 0 Å². The number of nitrogens with one attached hydrogen (secondary N) is 1. The second kappa shape index (κ2) is 5.49. The van der Waals surface area contributed by atoms with Crippen LogP contribution >= 0.6 is 0 Å². The molecule has 1 aliphatic rings. The van der Waals surface area contributed by atoms with E-state index in [9.17, 15) is 9.59 Å². The first kappa shape index (κ1) is 14.0. The van der Waals surface area contributed by atoms with Gasteiger partial charge in [0, 0.05) is 32.1 Å². The highest BCUT2D eigenvalue weighted by Crippen LogP contribution is 2.30. The minimum atomic E-state index is -0.812. The van der Waals surface area contributed by atoms with Crippen LogP contribution in [0.15, 0.2) is 0 Å². The van der Waals surface area contributed by atoms with Crippen molar-refractivity contribution in [2.75, 3.05) is 19.6 Å². The van der Waals surface area contributed by atoms with Gasteiger partial charge in [-0.15, -0.1) is 0 Å². The van der Waals surface area contributed by atoms with Gasteiger partial charge in [0.15, 0.2) is 0 Å². The highest BCUT2D eigenvalue weighted by molar-refractivity contribution is 5.80. The third-order valence-corrected chi connectivity index (χ3v) is 3.23. The highest BCUT2D eigenvalue weighted by atomic mass is 16.4. The summed E-state index contributed by atoms with van der Waals surface area (Å²) in [5.41, 5.74) is -0.763. The summed E-state index contributed by atoms with van der Waals surface area (Å²) in [4.78, 5) is 24.5. The molecule has 1 aliphatic heterocycles. The van der Waals surface area contributed by atoms with E-state index >= 15 is 0 Å². The Morgan fingerprint density at radius 1 is 1.47 bits per heavy atom. The van der Waals surface area contributed by atoms with Crippen molar-refractivity contribution in [1.82, 2.24) is 10.2 Å². The minimum absolute atomic E-state index is 0.0446. The van der Waals surface area contributed by atoms with Crippen LogP contribution in [0.1, 0.15) is 33.6 Å². The van der Waals surface area contributed by atoms with Crippen molar-refractivity contribution in [3.63, 3.8) is 0 Å². The standard InChI is InChI=1S/C12H22N2O3/c1-9(2)13-6-4-10(15)14-7-5-12(3,8-14)11(16)17/h9,13H,4-8H2,1-3H3,(H,16,17). The Morgan fingerprint density at radius 2 is 2.12 bits per heavy atom. The largest absolute Gasteiger partial charge is 0.481 e. The summed E-state index contributed by atoms with van der Waals surface area (Å²) >= 11 is 0. The summed E-state index contributed by atoms with van der Waals surface area (Å²) in [6, 6.07) is 0.366. The minimum Gasteiger partial charge on any atom is -0.481 e. The molecular formula is C12H22N2O3. The molecule has 1 unspecified atom stereocenters. The van der Waals surface area contributed by atoms with E-state index in [0.29, 0.717) is 38.5 Å². The number of carboxylic acids is 1. The molecule has 5 nitrogen and oxygen atoms in total. The van der Waals surface area contributed by atoms with E-state index < -0.39 is 11.4 Å². The molecule has 0 aromatic carbocycles. The average Bonchev–Trinajstić information content (AvgIpc) is 2.62. The van der Waals surface area contributed by atoms with Gasteiger partial charge in [0.05, 0.1) is 5.41 Å².